The number of ether oxygens (including phenoxy) is 1. The molecule has 132 valence electrons. The van der Waals surface area contributed by atoms with Gasteiger partial charge in [0.2, 0.25) is 5.95 Å². The maximum absolute atomic E-state index is 5.44. The first-order chi connectivity index (χ1) is 12.8. The molecule has 3 aromatic rings. The minimum Gasteiger partial charge on any atom is -0.378 e. The maximum Gasteiger partial charge on any atom is 0.226 e. The molecule has 0 radical (unpaired) electrons. The number of aryl methyl sites for hydroxylation is 1. The molecule has 0 saturated carbocycles. The third kappa shape index (κ3) is 3.73. The van der Waals surface area contributed by atoms with Gasteiger partial charge in [0.1, 0.15) is 0 Å². The van der Waals surface area contributed by atoms with E-state index in [1.54, 1.807) is 0 Å². The molecule has 1 aliphatic heterocycles. The largest absolute Gasteiger partial charge is 0.378 e. The van der Waals surface area contributed by atoms with Gasteiger partial charge in [-0.15, -0.1) is 0 Å². The number of fused-ring (bicyclic) bond motifs is 1. The molecule has 0 amide bonds. The quantitative estimate of drug-likeness (QED) is 0.680. The molecule has 2 heterocycles. The summed E-state index contributed by atoms with van der Waals surface area (Å²) in [6, 6.07) is 16.5. The molecule has 0 unspecified atom stereocenters. The zero-order valence-electron chi connectivity index (χ0n) is 14.9. The molecule has 0 spiro atoms. The van der Waals surface area contributed by atoms with E-state index in [4.69, 9.17) is 14.7 Å². The van der Waals surface area contributed by atoms with Crippen molar-refractivity contribution in [2.24, 2.45) is 4.99 Å². The lowest BCUT2D eigenvalue weighted by atomic mass is 10.1. The Hall–Kier alpha value is -2.79. The third-order valence-electron chi connectivity index (χ3n) is 4.49. The second kappa shape index (κ2) is 7.62. The van der Waals surface area contributed by atoms with E-state index in [2.05, 4.69) is 41.1 Å². The molecule has 26 heavy (non-hydrogen) atoms. The Bertz CT molecular complexity index is 932. The van der Waals surface area contributed by atoms with Crippen LogP contribution in [0.15, 0.2) is 53.5 Å². The number of hydrogen-bond donors (Lipinski definition) is 0. The van der Waals surface area contributed by atoms with Crippen LogP contribution in [0.5, 0.6) is 0 Å². The lowest BCUT2D eigenvalue weighted by Gasteiger charge is -2.27. The van der Waals surface area contributed by atoms with E-state index in [1.165, 1.54) is 5.56 Å². The van der Waals surface area contributed by atoms with E-state index in [0.717, 1.165) is 54.4 Å². The molecule has 4 rings (SSSR count). The summed E-state index contributed by atoms with van der Waals surface area (Å²) in [6.45, 7) is 5.71. The van der Waals surface area contributed by atoms with Crippen LogP contribution in [0.1, 0.15) is 16.8 Å². The number of nitrogens with zero attached hydrogens (tertiary/aromatic N) is 4. The summed E-state index contributed by atoms with van der Waals surface area (Å²) in [5, 5.41) is 1.06. The van der Waals surface area contributed by atoms with Gasteiger partial charge >= 0.3 is 0 Å². The summed E-state index contributed by atoms with van der Waals surface area (Å²) in [5.41, 5.74) is 4.26. The Kier molecular flexibility index (Phi) is 4.88. The Morgan fingerprint density at radius 1 is 1.08 bits per heavy atom. The highest BCUT2D eigenvalue weighted by atomic mass is 16.5. The monoisotopic (exact) mass is 346 g/mol. The Morgan fingerprint density at radius 2 is 1.92 bits per heavy atom. The van der Waals surface area contributed by atoms with Crippen molar-refractivity contribution in [3.63, 3.8) is 0 Å². The van der Waals surface area contributed by atoms with Crippen molar-refractivity contribution in [3.8, 4) is 0 Å². The van der Waals surface area contributed by atoms with Gasteiger partial charge in [-0.05, 0) is 18.6 Å². The van der Waals surface area contributed by atoms with E-state index in [-0.39, 0.29) is 0 Å². The summed E-state index contributed by atoms with van der Waals surface area (Å²) < 4.78 is 5.44. The average Bonchev–Trinajstić information content (AvgIpc) is 2.68. The van der Waals surface area contributed by atoms with E-state index < -0.39 is 0 Å². The van der Waals surface area contributed by atoms with E-state index in [0.29, 0.717) is 6.54 Å². The SMILES string of the molecule is Cc1cccc(C=NCc2nc(N3CCOCC3)nc3ccccc23)c1. The first kappa shape index (κ1) is 16.7. The molecule has 0 atom stereocenters. The van der Waals surface area contributed by atoms with Crippen molar-refractivity contribution >= 4 is 23.1 Å². The van der Waals surface area contributed by atoms with Gasteiger partial charge in [-0.25, -0.2) is 9.97 Å². The Morgan fingerprint density at radius 3 is 2.77 bits per heavy atom. The van der Waals surface area contributed by atoms with E-state index >= 15 is 0 Å². The standard InChI is InChI=1S/C21H22N4O/c1-16-5-4-6-17(13-16)14-22-15-20-18-7-2-3-8-19(18)23-21(24-20)25-9-11-26-12-10-25/h2-8,13-14H,9-12,15H2,1H3. The number of benzene rings is 2. The van der Waals surface area contributed by atoms with Crippen LogP contribution in [0.4, 0.5) is 5.95 Å². The summed E-state index contributed by atoms with van der Waals surface area (Å²) in [4.78, 5) is 16.4. The smallest absolute Gasteiger partial charge is 0.226 e. The van der Waals surface area contributed by atoms with Crippen molar-refractivity contribution in [1.82, 2.24) is 9.97 Å². The minimum absolute atomic E-state index is 0.536. The van der Waals surface area contributed by atoms with Crippen LogP contribution < -0.4 is 4.90 Å². The van der Waals surface area contributed by atoms with Crippen molar-refractivity contribution in [2.75, 3.05) is 31.2 Å². The second-order valence-corrected chi connectivity index (χ2v) is 6.47. The highest BCUT2D eigenvalue weighted by Gasteiger charge is 2.16. The van der Waals surface area contributed by atoms with Gasteiger partial charge in [-0.3, -0.25) is 4.99 Å². The molecular weight excluding hydrogens is 324 g/mol. The normalized spacial score (nSPS) is 15.0. The van der Waals surface area contributed by atoms with Crippen LogP contribution in [-0.2, 0) is 11.3 Å². The topological polar surface area (TPSA) is 50.6 Å². The first-order valence-electron chi connectivity index (χ1n) is 8.94. The Labute approximate surface area is 153 Å². The summed E-state index contributed by atoms with van der Waals surface area (Å²) >= 11 is 0. The van der Waals surface area contributed by atoms with Gasteiger partial charge in [-0.2, -0.15) is 0 Å². The number of rotatable bonds is 4. The van der Waals surface area contributed by atoms with Crippen LogP contribution >= 0.6 is 0 Å². The predicted octanol–water partition coefficient (Wildman–Crippen LogP) is 3.39. The Balaban J connectivity index is 1.64. The molecule has 5 nitrogen and oxygen atoms in total. The second-order valence-electron chi connectivity index (χ2n) is 6.47. The predicted molar refractivity (Wildman–Crippen MR) is 105 cm³/mol. The van der Waals surface area contributed by atoms with Gasteiger partial charge in [-0.1, -0.05) is 48.0 Å². The fourth-order valence-electron chi connectivity index (χ4n) is 3.14. The zero-order valence-corrected chi connectivity index (χ0v) is 14.9. The minimum atomic E-state index is 0.536. The van der Waals surface area contributed by atoms with Crippen LogP contribution in [0.2, 0.25) is 0 Å². The molecule has 0 aliphatic carbocycles. The molecule has 1 aromatic heterocycles. The number of para-hydroxylation sites is 1. The molecule has 0 bridgehead atoms. The highest BCUT2D eigenvalue weighted by molar-refractivity contribution is 5.83. The van der Waals surface area contributed by atoms with Crippen molar-refractivity contribution in [1.29, 1.82) is 0 Å². The van der Waals surface area contributed by atoms with Gasteiger partial charge in [0.05, 0.1) is 31.0 Å². The number of aliphatic imine (C=N–C) groups is 1. The van der Waals surface area contributed by atoms with E-state index in [9.17, 15) is 0 Å². The highest BCUT2D eigenvalue weighted by Crippen LogP contribution is 2.21. The number of anilines is 1. The van der Waals surface area contributed by atoms with Crippen LogP contribution in [0, 0.1) is 6.92 Å². The maximum atomic E-state index is 5.44. The van der Waals surface area contributed by atoms with Crippen LogP contribution in [0.25, 0.3) is 10.9 Å². The summed E-state index contributed by atoms with van der Waals surface area (Å²) in [7, 11) is 0. The van der Waals surface area contributed by atoms with Crippen molar-refractivity contribution < 1.29 is 4.74 Å². The number of aromatic nitrogens is 2. The molecule has 0 N–H and O–H groups in total. The zero-order chi connectivity index (χ0) is 17.8. The van der Waals surface area contributed by atoms with Gasteiger partial charge in [0.15, 0.2) is 0 Å². The molecule has 2 aromatic carbocycles. The third-order valence-corrected chi connectivity index (χ3v) is 4.49. The molecule has 1 saturated heterocycles. The van der Waals surface area contributed by atoms with Gasteiger partial charge in [0.25, 0.3) is 0 Å². The van der Waals surface area contributed by atoms with E-state index in [1.807, 2.05) is 30.5 Å². The molecule has 5 heteroatoms. The van der Waals surface area contributed by atoms with Gasteiger partial charge < -0.3 is 9.64 Å². The lowest BCUT2D eigenvalue weighted by molar-refractivity contribution is 0.122. The molecular formula is C21H22N4O. The van der Waals surface area contributed by atoms with Crippen LogP contribution in [-0.4, -0.2) is 42.5 Å². The first-order valence-corrected chi connectivity index (χ1v) is 8.94. The fraction of sp³-hybridized carbons (Fsp3) is 0.286. The number of hydrogen-bond acceptors (Lipinski definition) is 5. The van der Waals surface area contributed by atoms with Crippen molar-refractivity contribution in [2.45, 2.75) is 13.5 Å². The van der Waals surface area contributed by atoms with Gasteiger partial charge in [0, 0.05) is 24.7 Å². The molecule has 1 aliphatic rings. The average molecular weight is 346 g/mol. The van der Waals surface area contributed by atoms with Crippen LogP contribution in [0.3, 0.4) is 0 Å². The fourth-order valence-corrected chi connectivity index (χ4v) is 3.14. The number of morpholine rings is 1. The lowest BCUT2D eigenvalue weighted by Crippen LogP contribution is -2.37. The summed E-state index contributed by atoms with van der Waals surface area (Å²) in [6.07, 6.45) is 1.91. The molecule has 1 fully saturated rings. The summed E-state index contributed by atoms with van der Waals surface area (Å²) in [5.74, 6) is 0.771. The van der Waals surface area contributed by atoms with Crippen molar-refractivity contribution in [3.05, 3.63) is 65.4 Å².